The summed E-state index contributed by atoms with van der Waals surface area (Å²) in [5.74, 6) is 2.29. The Morgan fingerprint density at radius 1 is 0.667 bits per heavy atom. The van der Waals surface area contributed by atoms with Crippen LogP contribution in [0.2, 0.25) is 0 Å². The van der Waals surface area contributed by atoms with Crippen LogP contribution in [-0.4, -0.2) is 29.1 Å². The van der Waals surface area contributed by atoms with Crippen molar-refractivity contribution in [2.24, 2.45) is 39.9 Å². The van der Waals surface area contributed by atoms with Crippen molar-refractivity contribution >= 4 is 11.4 Å². The van der Waals surface area contributed by atoms with Gasteiger partial charge in [0.1, 0.15) is 0 Å². The fourth-order valence-corrected chi connectivity index (χ4v) is 13.5. The van der Waals surface area contributed by atoms with Crippen molar-refractivity contribution in [1.29, 1.82) is 0 Å². The lowest BCUT2D eigenvalue weighted by atomic mass is 9.43. The maximum Gasteiger partial charge on any atom is 0.0529 e. The van der Waals surface area contributed by atoms with E-state index in [2.05, 4.69) is 189 Å². The fraction of sp³-hybridized carbons (Fsp3) is 0.500. The van der Waals surface area contributed by atoms with Crippen LogP contribution >= 0.6 is 0 Å². The molecular formula is C52H62N2. The van der Waals surface area contributed by atoms with Crippen molar-refractivity contribution in [2.75, 3.05) is 4.90 Å². The summed E-state index contributed by atoms with van der Waals surface area (Å²) in [6, 6.07) is 27.9. The van der Waals surface area contributed by atoms with Gasteiger partial charge in [-0.1, -0.05) is 155 Å². The third-order valence-corrected chi connectivity index (χ3v) is 16.6. The average Bonchev–Trinajstić information content (AvgIpc) is 3.36. The molecule has 0 spiro atoms. The summed E-state index contributed by atoms with van der Waals surface area (Å²) >= 11 is 0. The smallest absolute Gasteiger partial charge is 0.0529 e. The van der Waals surface area contributed by atoms with Crippen LogP contribution < -0.4 is 4.90 Å². The zero-order valence-corrected chi connectivity index (χ0v) is 34.7. The van der Waals surface area contributed by atoms with E-state index in [0.717, 1.165) is 6.42 Å². The maximum absolute atomic E-state index is 3.14. The summed E-state index contributed by atoms with van der Waals surface area (Å²) in [7, 11) is 0. The van der Waals surface area contributed by atoms with E-state index in [1.807, 2.05) is 0 Å². The summed E-state index contributed by atoms with van der Waals surface area (Å²) < 4.78 is 0. The van der Waals surface area contributed by atoms with Gasteiger partial charge in [0.25, 0.3) is 0 Å². The summed E-state index contributed by atoms with van der Waals surface area (Å²) in [4.78, 5) is 5.89. The minimum absolute atomic E-state index is 0.0224. The number of hydrogen-bond donors (Lipinski definition) is 0. The Kier molecular flexibility index (Phi) is 7.11. The Bertz CT molecular complexity index is 2180. The predicted molar refractivity (Wildman–Crippen MR) is 227 cm³/mol. The molecule has 7 aliphatic rings. The summed E-state index contributed by atoms with van der Waals surface area (Å²) in [6.07, 6.45) is 18.0. The lowest BCUT2D eigenvalue weighted by Crippen LogP contribution is -2.77. The van der Waals surface area contributed by atoms with Crippen LogP contribution in [0, 0.1) is 39.9 Å². The first-order chi connectivity index (χ1) is 25.4. The number of nitrogens with zero attached hydrogens (tertiary/aromatic N) is 2. The standard InChI is InChI=1S/C52H62N2/c1-48(2,3)31-22-24-32(25-23-31)53(33-26-27-36-35-16-12-13-17-37(35)49(4,5)42(36)28-33)34-29-43-47-44(30-34)52(10,11)41-21-15-19-39-46(41)54(47)45-38(50(39,6)7)18-14-20-40(45)51(43,8)9/h12-18,20-29,34,38-39,41,44-47H,19,30H2,1-11H3. The van der Waals surface area contributed by atoms with Crippen LogP contribution in [0.5, 0.6) is 0 Å². The fourth-order valence-electron chi connectivity index (χ4n) is 13.5. The molecule has 4 aliphatic carbocycles. The van der Waals surface area contributed by atoms with Gasteiger partial charge in [0, 0.05) is 46.2 Å². The molecule has 2 heteroatoms. The molecule has 280 valence electrons. The van der Waals surface area contributed by atoms with E-state index >= 15 is 0 Å². The first kappa shape index (κ1) is 34.8. The second-order valence-electron chi connectivity index (χ2n) is 21.5. The van der Waals surface area contributed by atoms with Crippen molar-refractivity contribution in [2.45, 2.75) is 124 Å². The molecule has 0 saturated carbocycles. The number of benzene rings is 3. The topological polar surface area (TPSA) is 6.48 Å². The second kappa shape index (κ2) is 11.0. The van der Waals surface area contributed by atoms with Gasteiger partial charge in [-0.15, -0.1) is 0 Å². The molecule has 3 fully saturated rings. The summed E-state index contributed by atoms with van der Waals surface area (Å²) in [5, 5.41) is 0. The van der Waals surface area contributed by atoms with Crippen LogP contribution in [0.3, 0.4) is 0 Å². The minimum Gasteiger partial charge on any atom is -0.335 e. The van der Waals surface area contributed by atoms with Gasteiger partial charge in [0.05, 0.1) is 6.04 Å². The van der Waals surface area contributed by atoms with E-state index in [0.29, 0.717) is 41.8 Å². The third-order valence-electron chi connectivity index (χ3n) is 16.6. The van der Waals surface area contributed by atoms with E-state index < -0.39 is 0 Å². The highest BCUT2D eigenvalue weighted by molar-refractivity contribution is 5.83. The molecular weight excluding hydrogens is 653 g/mol. The number of piperidine rings is 3. The van der Waals surface area contributed by atoms with Gasteiger partial charge in [0.15, 0.2) is 0 Å². The predicted octanol–water partition coefficient (Wildman–Crippen LogP) is 12.6. The molecule has 3 aromatic carbocycles. The Labute approximate surface area is 326 Å². The zero-order valence-electron chi connectivity index (χ0n) is 34.7. The molecule has 8 atom stereocenters. The number of anilines is 2. The van der Waals surface area contributed by atoms with Crippen LogP contribution in [0.25, 0.3) is 11.1 Å². The molecule has 3 saturated heterocycles. The molecule has 0 bridgehead atoms. The molecule has 0 aromatic heterocycles. The van der Waals surface area contributed by atoms with Crippen LogP contribution in [-0.2, 0) is 10.8 Å². The first-order valence-electron chi connectivity index (χ1n) is 21.1. The molecule has 54 heavy (non-hydrogen) atoms. The van der Waals surface area contributed by atoms with E-state index in [9.17, 15) is 0 Å². The Balaban J connectivity index is 1.18. The summed E-state index contributed by atoms with van der Waals surface area (Å²) in [5.41, 5.74) is 13.4. The Morgan fingerprint density at radius 3 is 2.09 bits per heavy atom. The van der Waals surface area contributed by atoms with Crippen LogP contribution in [0.1, 0.15) is 106 Å². The molecule has 3 heterocycles. The first-order valence-corrected chi connectivity index (χ1v) is 21.1. The SMILES string of the molecule is CC1(C)C2=CC=CC3C2N2C4C1=CC(N(c1ccc(C(C)(C)C)cc1)c1ccc5c(c1)C(C)(C)c1ccccc1-5)CC4C(C)(C)C1C=CCC(C12)C3(C)C. The molecule has 0 radical (unpaired) electrons. The van der Waals surface area contributed by atoms with Gasteiger partial charge in [-0.05, 0) is 110 Å². The molecule has 0 amide bonds. The van der Waals surface area contributed by atoms with Crippen LogP contribution in [0.15, 0.2) is 114 Å². The van der Waals surface area contributed by atoms with Crippen molar-refractivity contribution in [1.82, 2.24) is 4.90 Å². The van der Waals surface area contributed by atoms with E-state index in [1.54, 1.807) is 11.1 Å². The van der Waals surface area contributed by atoms with Gasteiger partial charge in [-0.2, -0.15) is 0 Å². The quantitative estimate of drug-likeness (QED) is 0.249. The highest BCUT2D eigenvalue weighted by Crippen LogP contribution is 2.68. The second-order valence-corrected chi connectivity index (χ2v) is 21.5. The molecule has 2 nitrogen and oxygen atoms in total. The lowest BCUT2D eigenvalue weighted by molar-refractivity contribution is -0.183. The van der Waals surface area contributed by atoms with Gasteiger partial charge in [-0.3, -0.25) is 4.90 Å². The highest BCUT2D eigenvalue weighted by Gasteiger charge is 2.69. The van der Waals surface area contributed by atoms with Crippen molar-refractivity contribution in [3.8, 4) is 11.1 Å². The third kappa shape index (κ3) is 4.44. The van der Waals surface area contributed by atoms with E-state index in [-0.39, 0.29) is 33.1 Å². The molecule has 3 aromatic rings. The average molecular weight is 715 g/mol. The summed E-state index contributed by atoms with van der Waals surface area (Å²) in [6.45, 7) is 27.5. The number of hydrogen-bond acceptors (Lipinski definition) is 2. The lowest BCUT2D eigenvalue weighted by Gasteiger charge is -2.74. The molecule has 8 unspecified atom stereocenters. The zero-order chi connectivity index (χ0) is 37.9. The van der Waals surface area contributed by atoms with Gasteiger partial charge in [0.2, 0.25) is 0 Å². The molecule has 3 aliphatic heterocycles. The Morgan fingerprint density at radius 2 is 1.35 bits per heavy atom. The van der Waals surface area contributed by atoms with Crippen molar-refractivity contribution < 1.29 is 0 Å². The van der Waals surface area contributed by atoms with Gasteiger partial charge in [-0.25, -0.2) is 0 Å². The van der Waals surface area contributed by atoms with Crippen molar-refractivity contribution in [3.05, 3.63) is 131 Å². The minimum atomic E-state index is -0.0516. The van der Waals surface area contributed by atoms with Gasteiger partial charge >= 0.3 is 0 Å². The largest absolute Gasteiger partial charge is 0.335 e. The monoisotopic (exact) mass is 714 g/mol. The van der Waals surface area contributed by atoms with Crippen molar-refractivity contribution in [3.63, 3.8) is 0 Å². The highest BCUT2D eigenvalue weighted by atomic mass is 15.3. The number of rotatable bonds is 3. The maximum atomic E-state index is 3.14. The number of fused-ring (bicyclic) bond motifs is 3. The van der Waals surface area contributed by atoms with Crippen LogP contribution in [0.4, 0.5) is 11.4 Å². The Hall–Kier alpha value is -3.62. The normalized spacial score (nSPS) is 33.9. The van der Waals surface area contributed by atoms with E-state index in [1.165, 1.54) is 45.6 Å². The van der Waals surface area contributed by atoms with Gasteiger partial charge < -0.3 is 4.90 Å². The molecule has 0 N–H and O–H groups in total. The molecule has 10 rings (SSSR count). The van der Waals surface area contributed by atoms with E-state index in [4.69, 9.17) is 0 Å². The number of allylic oxidation sites excluding steroid dienone is 3.